The van der Waals surface area contributed by atoms with E-state index in [4.69, 9.17) is 0 Å². The quantitative estimate of drug-likeness (QED) is 0.921. The maximum atomic E-state index is 11.7. The lowest BCUT2D eigenvalue weighted by Gasteiger charge is -2.42. The zero-order valence-corrected chi connectivity index (χ0v) is 13.2. The first kappa shape index (κ1) is 13.5. The molecule has 2 aromatic rings. The van der Waals surface area contributed by atoms with Gasteiger partial charge in [-0.3, -0.25) is 9.69 Å². The van der Waals surface area contributed by atoms with Gasteiger partial charge in [-0.2, -0.15) is 0 Å². The minimum absolute atomic E-state index is 0.124. The fraction of sp³-hybridized carbons (Fsp3) is 0.562. The largest absolute Gasteiger partial charge is 0.309 e. The second-order valence-corrected chi connectivity index (χ2v) is 7.41. The minimum atomic E-state index is 0.124. The molecule has 0 aliphatic carbocycles. The number of piperidine rings is 1. The van der Waals surface area contributed by atoms with Gasteiger partial charge in [0.05, 0.1) is 10.2 Å². The van der Waals surface area contributed by atoms with Crippen LogP contribution in [0.3, 0.4) is 0 Å². The Kier molecular flexibility index (Phi) is 3.36. The number of aryl methyl sites for hydroxylation is 1. The number of rotatable bonds is 2. The van der Waals surface area contributed by atoms with E-state index in [1.807, 2.05) is 7.05 Å². The summed E-state index contributed by atoms with van der Waals surface area (Å²) in [5.41, 5.74) is 2.37. The van der Waals surface area contributed by atoms with Gasteiger partial charge in [0, 0.05) is 38.8 Å². The van der Waals surface area contributed by atoms with Gasteiger partial charge >= 0.3 is 4.87 Å². The average molecular weight is 303 g/mol. The molecule has 4 rings (SSSR count). The van der Waals surface area contributed by atoms with Crippen LogP contribution in [0.15, 0.2) is 23.0 Å². The third kappa shape index (κ3) is 2.54. The number of piperazine rings is 1. The summed E-state index contributed by atoms with van der Waals surface area (Å²) in [6, 6.07) is 7.81. The highest BCUT2D eigenvalue weighted by Crippen LogP contribution is 2.23. The third-order valence-electron chi connectivity index (χ3n) is 4.80. The zero-order valence-electron chi connectivity index (χ0n) is 12.3. The van der Waals surface area contributed by atoms with Crippen molar-refractivity contribution >= 4 is 21.6 Å². The van der Waals surface area contributed by atoms with Crippen LogP contribution >= 0.6 is 11.3 Å². The summed E-state index contributed by atoms with van der Waals surface area (Å²) in [5, 5.41) is 3.72. The van der Waals surface area contributed by atoms with Crippen LogP contribution in [0.1, 0.15) is 24.8 Å². The van der Waals surface area contributed by atoms with Gasteiger partial charge in [0.2, 0.25) is 0 Å². The maximum absolute atomic E-state index is 11.7. The van der Waals surface area contributed by atoms with Crippen LogP contribution in [-0.4, -0.2) is 34.6 Å². The number of benzene rings is 1. The smallest absolute Gasteiger partial charge is 0.307 e. The normalized spacial score (nSPS) is 26.3. The van der Waals surface area contributed by atoms with Crippen molar-refractivity contribution in [2.45, 2.75) is 37.9 Å². The van der Waals surface area contributed by atoms with Gasteiger partial charge < -0.3 is 9.88 Å². The molecule has 0 spiro atoms. The molecular formula is C16H21N3OS. The second kappa shape index (κ2) is 5.23. The van der Waals surface area contributed by atoms with Gasteiger partial charge in [-0.15, -0.1) is 0 Å². The van der Waals surface area contributed by atoms with Gasteiger partial charge in [0.25, 0.3) is 0 Å². The van der Waals surface area contributed by atoms with E-state index in [0.717, 1.165) is 29.9 Å². The molecule has 3 heterocycles. The molecule has 2 saturated heterocycles. The summed E-state index contributed by atoms with van der Waals surface area (Å²) in [4.78, 5) is 14.4. The molecular weight excluding hydrogens is 282 g/mol. The van der Waals surface area contributed by atoms with Crippen molar-refractivity contribution in [2.24, 2.45) is 7.05 Å². The second-order valence-electron chi connectivity index (χ2n) is 6.41. The number of likely N-dealkylation sites (tertiary alicyclic amines) is 1. The predicted molar refractivity (Wildman–Crippen MR) is 86.9 cm³/mol. The zero-order chi connectivity index (χ0) is 14.4. The summed E-state index contributed by atoms with van der Waals surface area (Å²) in [7, 11) is 1.85. The lowest BCUT2D eigenvalue weighted by atomic mass is 9.94. The Morgan fingerprint density at radius 3 is 2.81 bits per heavy atom. The first-order chi connectivity index (χ1) is 10.2. The number of thiazole rings is 1. The van der Waals surface area contributed by atoms with Crippen LogP contribution < -0.4 is 10.2 Å². The van der Waals surface area contributed by atoms with Gasteiger partial charge in [0.15, 0.2) is 0 Å². The molecule has 0 amide bonds. The van der Waals surface area contributed by atoms with Crippen molar-refractivity contribution in [3.63, 3.8) is 0 Å². The molecule has 0 radical (unpaired) electrons. The standard InChI is InChI=1S/C16H21N3OS/c1-18-14-6-5-11(7-15(14)21-16(18)20)8-19-9-12-3-2-4-13(10-19)17-12/h5-7,12-13,17H,2-4,8-10H2,1H3. The highest BCUT2D eigenvalue weighted by atomic mass is 32.1. The molecule has 2 unspecified atom stereocenters. The summed E-state index contributed by atoms with van der Waals surface area (Å²) >= 11 is 1.35. The van der Waals surface area contributed by atoms with Crippen molar-refractivity contribution in [2.75, 3.05) is 13.1 Å². The van der Waals surface area contributed by atoms with Gasteiger partial charge in [0.1, 0.15) is 0 Å². The van der Waals surface area contributed by atoms with Crippen LogP contribution in [-0.2, 0) is 13.6 Å². The first-order valence-electron chi connectivity index (χ1n) is 7.76. The van der Waals surface area contributed by atoms with Crippen molar-refractivity contribution < 1.29 is 0 Å². The lowest BCUT2D eigenvalue weighted by Crippen LogP contribution is -2.58. The molecule has 2 atom stereocenters. The van der Waals surface area contributed by atoms with Crippen LogP contribution in [0.4, 0.5) is 0 Å². The molecule has 1 aromatic carbocycles. The monoisotopic (exact) mass is 303 g/mol. The Labute approximate surface area is 128 Å². The van der Waals surface area contributed by atoms with E-state index < -0.39 is 0 Å². The van der Waals surface area contributed by atoms with Crippen molar-refractivity contribution in [3.8, 4) is 0 Å². The van der Waals surface area contributed by atoms with E-state index in [1.165, 1.54) is 36.2 Å². The highest BCUT2D eigenvalue weighted by molar-refractivity contribution is 7.16. The molecule has 5 heteroatoms. The SMILES string of the molecule is Cn1c(=O)sc2cc(CN3CC4CCCC(C3)N4)ccc21. The fourth-order valence-electron chi connectivity index (χ4n) is 3.76. The van der Waals surface area contributed by atoms with E-state index in [2.05, 4.69) is 28.4 Å². The summed E-state index contributed by atoms with van der Waals surface area (Å²) in [6.45, 7) is 3.31. The van der Waals surface area contributed by atoms with E-state index in [1.54, 1.807) is 4.57 Å². The van der Waals surface area contributed by atoms with Crippen LogP contribution in [0, 0.1) is 0 Å². The van der Waals surface area contributed by atoms with E-state index >= 15 is 0 Å². The Bertz CT molecular complexity index is 708. The van der Waals surface area contributed by atoms with Crippen molar-refractivity contribution in [1.29, 1.82) is 0 Å². The molecule has 0 saturated carbocycles. The van der Waals surface area contributed by atoms with Crippen molar-refractivity contribution in [3.05, 3.63) is 33.4 Å². The number of nitrogens with one attached hydrogen (secondary N) is 1. The number of aromatic nitrogens is 1. The number of hydrogen-bond donors (Lipinski definition) is 1. The molecule has 2 bridgehead atoms. The molecule has 21 heavy (non-hydrogen) atoms. The first-order valence-corrected chi connectivity index (χ1v) is 8.57. The number of nitrogens with zero attached hydrogens (tertiary/aromatic N) is 2. The molecule has 4 nitrogen and oxygen atoms in total. The van der Waals surface area contributed by atoms with Gasteiger partial charge in [-0.25, -0.2) is 0 Å². The topological polar surface area (TPSA) is 37.3 Å². The lowest BCUT2D eigenvalue weighted by molar-refractivity contribution is 0.119. The summed E-state index contributed by atoms with van der Waals surface area (Å²) in [6.07, 6.45) is 4.00. The Hall–Kier alpha value is -1.17. The third-order valence-corrected chi connectivity index (χ3v) is 5.79. The van der Waals surface area contributed by atoms with Gasteiger partial charge in [-0.1, -0.05) is 23.8 Å². The predicted octanol–water partition coefficient (Wildman–Crippen LogP) is 1.93. The fourth-order valence-corrected chi connectivity index (χ4v) is 4.70. The molecule has 2 fully saturated rings. The number of fused-ring (bicyclic) bond motifs is 3. The van der Waals surface area contributed by atoms with Crippen LogP contribution in [0.5, 0.6) is 0 Å². The Balaban J connectivity index is 1.55. The summed E-state index contributed by atoms with van der Waals surface area (Å²) in [5.74, 6) is 0. The minimum Gasteiger partial charge on any atom is -0.309 e. The molecule has 112 valence electrons. The molecule has 1 aromatic heterocycles. The number of hydrogen-bond acceptors (Lipinski definition) is 4. The van der Waals surface area contributed by atoms with Crippen molar-refractivity contribution in [1.82, 2.24) is 14.8 Å². The van der Waals surface area contributed by atoms with Crippen LogP contribution in [0.25, 0.3) is 10.2 Å². The molecule has 2 aliphatic rings. The highest BCUT2D eigenvalue weighted by Gasteiger charge is 2.29. The van der Waals surface area contributed by atoms with Crippen LogP contribution in [0.2, 0.25) is 0 Å². The van der Waals surface area contributed by atoms with E-state index in [-0.39, 0.29) is 4.87 Å². The van der Waals surface area contributed by atoms with Gasteiger partial charge in [-0.05, 0) is 30.5 Å². The Morgan fingerprint density at radius 1 is 1.29 bits per heavy atom. The summed E-state index contributed by atoms with van der Waals surface area (Å²) < 4.78 is 2.84. The average Bonchev–Trinajstić information content (AvgIpc) is 2.73. The maximum Gasteiger partial charge on any atom is 0.307 e. The van der Waals surface area contributed by atoms with E-state index in [9.17, 15) is 4.79 Å². The molecule has 1 N–H and O–H groups in total. The molecule has 2 aliphatic heterocycles. The van der Waals surface area contributed by atoms with E-state index in [0.29, 0.717) is 12.1 Å². The Morgan fingerprint density at radius 2 is 2.05 bits per heavy atom.